The van der Waals surface area contributed by atoms with E-state index in [0.717, 1.165) is 5.56 Å². The van der Waals surface area contributed by atoms with Crippen LogP contribution in [0.2, 0.25) is 0 Å². The first kappa shape index (κ1) is 16.7. The van der Waals surface area contributed by atoms with Gasteiger partial charge in [-0.15, -0.1) is 0 Å². The molecule has 2 rings (SSSR count). The summed E-state index contributed by atoms with van der Waals surface area (Å²) in [5.74, 6) is -1.04. The van der Waals surface area contributed by atoms with Gasteiger partial charge in [0.1, 0.15) is 12.4 Å². The lowest BCUT2D eigenvalue weighted by Gasteiger charge is -2.32. The van der Waals surface area contributed by atoms with Crippen LogP contribution in [-0.4, -0.2) is 49.8 Å². The van der Waals surface area contributed by atoms with Crippen molar-refractivity contribution in [2.24, 2.45) is 0 Å². The number of morpholine rings is 1. The van der Waals surface area contributed by atoms with Crippen LogP contribution in [0.3, 0.4) is 0 Å². The van der Waals surface area contributed by atoms with Gasteiger partial charge in [0.15, 0.2) is 0 Å². The molecular formula is C14H16F4N2O2. The minimum absolute atomic E-state index is 0.128. The molecule has 0 aromatic heterocycles. The molecule has 1 aromatic carbocycles. The Labute approximate surface area is 125 Å². The van der Waals surface area contributed by atoms with Gasteiger partial charge in [0.05, 0.1) is 19.3 Å². The Bertz CT molecular complexity index is 505. The lowest BCUT2D eigenvalue weighted by Crippen LogP contribution is -2.45. The number of nitrogens with one attached hydrogen (secondary N) is 1. The Kier molecular flexibility index (Phi) is 5.36. The molecule has 0 spiro atoms. The van der Waals surface area contributed by atoms with E-state index in [1.54, 1.807) is 17.0 Å². The number of halogens is 4. The fraction of sp³-hybridized carbons (Fsp3) is 0.500. The summed E-state index contributed by atoms with van der Waals surface area (Å²) in [5, 5.41) is 1.84. The monoisotopic (exact) mass is 320 g/mol. The molecule has 1 unspecified atom stereocenters. The number of carbonyl (C=O) groups excluding carboxylic acids is 1. The quantitative estimate of drug-likeness (QED) is 0.861. The molecule has 1 atom stereocenters. The van der Waals surface area contributed by atoms with E-state index in [9.17, 15) is 22.4 Å². The standard InChI is InChI=1S/C14H16F4N2O2/c15-11-3-1-10(2-4-11)12-7-20(5-6-22-12)8-13(21)19-9-14(16,17)18/h1-4,12H,5-9H2,(H,19,21). The molecule has 0 aliphatic carbocycles. The number of amides is 1. The normalized spacial score (nSPS) is 19.9. The fourth-order valence-corrected chi connectivity index (χ4v) is 2.18. The van der Waals surface area contributed by atoms with E-state index in [2.05, 4.69) is 0 Å². The van der Waals surface area contributed by atoms with Gasteiger partial charge in [-0.1, -0.05) is 12.1 Å². The van der Waals surface area contributed by atoms with E-state index in [-0.39, 0.29) is 18.5 Å². The maximum atomic E-state index is 12.9. The number of carbonyl (C=O) groups is 1. The third kappa shape index (κ3) is 5.27. The van der Waals surface area contributed by atoms with Crippen molar-refractivity contribution >= 4 is 5.91 Å². The summed E-state index contributed by atoms with van der Waals surface area (Å²) in [6.45, 7) is -0.286. The topological polar surface area (TPSA) is 41.6 Å². The van der Waals surface area contributed by atoms with Crippen molar-refractivity contribution in [3.05, 3.63) is 35.6 Å². The first-order valence-electron chi connectivity index (χ1n) is 6.76. The van der Waals surface area contributed by atoms with Crippen LogP contribution in [0.15, 0.2) is 24.3 Å². The number of nitrogens with zero attached hydrogens (tertiary/aromatic N) is 1. The summed E-state index contributed by atoms with van der Waals surface area (Å²) >= 11 is 0. The highest BCUT2D eigenvalue weighted by atomic mass is 19.4. The van der Waals surface area contributed by atoms with E-state index in [1.807, 2.05) is 5.32 Å². The maximum Gasteiger partial charge on any atom is 0.405 e. The Morgan fingerprint density at radius 1 is 1.32 bits per heavy atom. The predicted molar refractivity (Wildman–Crippen MR) is 70.6 cm³/mol. The van der Waals surface area contributed by atoms with Crippen LogP contribution < -0.4 is 5.32 Å². The van der Waals surface area contributed by atoms with Crippen molar-refractivity contribution < 1.29 is 27.1 Å². The van der Waals surface area contributed by atoms with Gasteiger partial charge >= 0.3 is 6.18 Å². The summed E-state index contributed by atoms with van der Waals surface area (Å²) in [4.78, 5) is 13.2. The Morgan fingerprint density at radius 2 is 2.00 bits per heavy atom. The van der Waals surface area contributed by atoms with Gasteiger partial charge in [-0.2, -0.15) is 13.2 Å². The average molecular weight is 320 g/mol. The molecule has 1 fully saturated rings. The minimum Gasteiger partial charge on any atom is -0.371 e. The van der Waals surface area contributed by atoms with Gasteiger partial charge in [0.2, 0.25) is 5.91 Å². The van der Waals surface area contributed by atoms with E-state index in [4.69, 9.17) is 4.74 Å². The van der Waals surface area contributed by atoms with Gasteiger partial charge in [-0.05, 0) is 17.7 Å². The maximum absolute atomic E-state index is 12.9. The van der Waals surface area contributed by atoms with Crippen molar-refractivity contribution in [2.75, 3.05) is 32.8 Å². The SMILES string of the molecule is O=C(CN1CCOC(c2ccc(F)cc2)C1)NCC(F)(F)F. The van der Waals surface area contributed by atoms with E-state index < -0.39 is 18.6 Å². The van der Waals surface area contributed by atoms with Crippen LogP contribution in [0.4, 0.5) is 17.6 Å². The molecular weight excluding hydrogens is 304 g/mol. The summed E-state index contributed by atoms with van der Waals surface area (Å²) in [6, 6.07) is 5.81. The molecule has 8 heteroatoms. The van der Waals surface area contributed by atoms with Crippen molar-refractivity contribution in [3.8, 4) is 0 Å². The first-order chi connectivity index (χ1) is 10.3. The molecule has 1 heterocycles. The Morgan fingerprint density at radius 3 is 2.64 bits per heavy atom. The van der Waals surface area contributed by atoms with Gasteiger partial charge in [0.25, 0.3) is 0 Å². The Balaban J connectivity index is 1.85. The summed E-state index contributed by atoms with van der Waals surface area (Å²) in [7, 11) is 0. The second kappa shape index (κ2) is 7.06. The van der Waals surface area contributed by atoms with E-state index >= 15 is 0 Å². The van der Waals surface area contributed by atoms with Crippen molar-refractivity contribution in [1.82, 2.24) is 10.2 Å². The number of rotatable bonds is 4. The third-order valence-corrected chi connectivity index (χ3v) is 3.25. The molecule has 1 aliphatic rings. The molecule has 4 nitrogen and oxygen atoms in total. The summed E-state index contributed by atoms with van der Waals surface area (Å²) < 4.78 is 54.5. The van der Waals surface area contributed by atoms with Crippen LogP contribution in [0.25, 0.3) is 0 Å². The number of hydrogen-bond donors (Lipinski definition) is 1. The summed E-state index contributed by atoms with van der Waals surface area (Å²) in [6.07, 6.45) is -4.75. The summed E-state index contributed by atoms with van der Waals surface area (Å²) in [5.41, 5.74) is 0.766. The molecule has 0 radical (unpaired) electrons. The number of alkyl halides is 3. The number of hydrogen-bond acceptors (Lipinski definition) is 3. The molecule has 122 valence electrons. The lowest BCUT2D eigenvalue weighted by atomic mass is 10.1. The largest absolute Gasteiger partial charge is 0.405 e. The molecule has 1 saturated heterocycles. The van der Waals surface area contributed by atoms with E-state index in [0.29, 0.717) is 19.7 Å². The molecule has 22 heavy (non-hydrogen) atoms. The molecule has 0 bridgehead atoms. The fourth-order valence-electron chi connectivity index (χ4n) is 2.18. The van der Waals surface area contributed by atoms with Crippen LogP contribution in [0.1, 0.15) is 11.7 Å². The van der Waals surface area contributed by atoms with Crippen molar-refractivity contribution in [3.63, 3.8) is 0 Å². The van der Waals surface area contributed by atoms with E-state index in [1.165, 1.54) is 12.1 Å². The smallest absolute Gasteiger partial charge is 0.371 e. The van der Waals surface area contributed by atoms with Gasteiger partial charge in [-0.25, -0.2) is 4.39 Å². The minimum atomic E-state index is -4.42. The van der Waals surface area contributed by atoms with Crippen LogP contribution in [0, 0.1) is 5.82 Å². The van der Waals surface area contributed by atoms with Crippen molar-refractivity contribution in [2.45, 2.75) is 12.3 Å². The lowest BCUT2D eigenvalue weighted by molar-refractivity contribution is -0.140. The number of benzene rings is 1. The van der Waals surface area contributed by atoms with Gasteiger partial charge in [0, 0.05) is 13.1 Å². The van der Waals surface area contributed by atoms with Gasteiger partial charge in [-0.3, -0.25) is 9.69 Å². The molecule has 0 saturated carbocycles. The molecule has 1 aromatic rings. The molecule has 1 amide bonds. The number of ether oxygens (including phenoxy) is 1. The zero-order valence-electron chi connectivity index (χ0n) is 11.7. The first-order valence-corrected chi connectivity index (χ1v) is 6.76. The zero-order valence-corrected chi connectivity index (χ0v) is 11.7. The average Bonchev–Trinajstić information content (AvgIpc) is 2.45. The molecule has 1 aliphatic heterocycles. The molecule has 1 N–H and O–H groups in total. The van der Waals surface area contributed by atoms with Gasteiger partial charge < -0.3 is 10.1 Å². The zero-order chi connectivity index (χ0) is 16.2. The predicted octanol–water partition coefficient (Wildman–Crippen LogP) is 1.88. The highest BCUT2D eigenvalue weighted by molar-refractivity contribution is 5.78. The second-order valence-corrected chi connectivity index (χ2v) is 5.04. The van der Waals surface area contributed by atoms with Crippen LogP contribution >= 0.6 is 0 Å². The van der Waals surface area contributed by atoms with Crippen LogP contribution in [0.5, 0.6) is 0 Å². The van der Waals surface area contributed by atoms with Crippen LogP contribution in [-0.2, 0) is 9.53 Å². The second-order valence-electron chi connectivity index (χ2n) is 5.04. The highest BCUT2D eigenvalue weighted by Gasteiger charge is 2.29. The third-order valence-electron chi connectivity index (χ3n) is 3.25. The highest BCUT2D eigenvalue weighted by Crippen LogP contribution is 2.22. The van der Waals surface area contributed by atoms with Crippen molar-refractivity contribution in [1.29, 1.82) is 0 Å². The Hall–Kier alpha value is -1.67.